The number of carbonyl (C=O) groups is 1. The molecule has 1 unspecified atom stereocenters. The van der Waals surface area contributed by atoms with Crippen molar-refractivity contribution in [2.45, 2.75) is 51.6 Å². The van der Waals surface area contributed by atoms with Gasteiger partial charge in [0.25, 0.3) is 0 Å². The zero-order chi connectivity index (χ0) is 10.6. The lowest BCUT2D eigenvalue weighted by Gasteiger charge is -2.31. The molecule has 1 aliphatic rings. The van der Waals surface area contributed by atoms with Gasteiger partial charge in [0.05, 0.1) is 0 Å². The lowest BCUT2D eigenvalue weighted by molar-refractivity contribution is -0.117. The summed E-state index contributed by atoms with van der Waals surface area (Å²) >= 11 is 0. The van der Waals surface area contributed by atoms with Crippen LogP contribution in [0.5, 0.6) is 0 Å². The van der Waals surface area contributed by atoms with E-state index >= 15 is 0 Å². The Kier molecular flexibility index (Phi) is 4.55. The fourth-order valence-electron chi connectivity index (χ4n) is 2.19. The second-order valence-electron chi connectivity index (χ2n) is 4.34. The summed E-state index contributed by atoms with van der Waals surface area (Å²) in [6.45, 7) is 5.45. The van der Waals surface area contributed by atoms with Gasteiger partial charge < -0.3 is 5.11 Å². The van der Waals surface area contributed by atoms with Crippen LogP contribution < -0.4 is 0 Å². The second kappa shape index (κ2) is 5.47. The van der Waals surface area contributed by atoms with Gasteiger partial charge in [-0.2, -0.15) is 0 Å². The molecule has 0 bridgehead atoms. The molecule has 3 heteroatoms. The van der Waals surface area contributed by atoms with E-state index in [2.05, 4.69) is 18.7 Å². The first-order valence-electron chi connectivity index (χ1n) is 5.53. The molecule has 1 fully saturated rings. The number of aliphatic hydroxyl groups excluding tert-OH is 1. The molecule has 82 valence electrons. The summed E-state index contributed by atoms with van der Waals surface area (Å²) in [5.41, 5.74) is 0. The zero-order valence-electron chi connectivity index (χ0n) is 9.20. The highest BCUT2D eigenvalue weighted by atomic mass is 16.3. The van der Waals surface area contributed by atoms with Gasteiger partial charge in [0.2, 0.25) is 0 Å². The SMILES string of the molecule is CC(C)N(CCCO)C1CCC(=O)C1. The summed E-state index contributed by atoms with van der Waals surface area (Å²) in [6, 6.07) is 0.895. The van der Waals surface area contributed by atoms with Crippen molar-refractivity contribution >= 4 is 5.78 Å². The first kappa shape index (κ1) is 11.7. The summed E-state index contributed by atoms with van der Waals surface area (Å²) in [5.74, 6) is 0.393. The largest absolute Gasteiger partial charge is 0.396 e. The number of Topliss-reactive ketones (excluding diaryl/α,β-unsaturated/α-hetero) is 1. The maximum absolute atomic E-state index is 11.2. The topological polar surface area (TPSA) is 40.5 Å². The van der Waals surface area contributed by atoms with Crippen molar-refractivity contribution in [2.75, 3.05) is 13.2 Å². The standard InChI is InChI=1S/C11H21NO2/c1-9(2)12(6-3-7-13)10-4-5-11(14)8-10/h9-10,13H,3-8H2,1-2H3. The van der Waals surface area contributed by atoms with Gasteiger partial charge in [0.1, 0.15) is 5.78 Å². The van der Waals surface area contributed by atoms with Gasteiger partial charge in [-0.15, -0.1) is 0 Å². The molecule has 1 atom stereocenters. The molecule has 3 nitrogen and oxygen atoms in total. The minimum Gasteiger partial charge on any atom is -0.396 e. The van der Waals surface area contributed by atoms with Crippen LogP contribution in [0.4, 0.5) is 0 Å². The molecule has 1 rings (SSSR count). The van der Waals surface area contributed by atoms with E-state index in [1.807, 2.05) is 0 Å². The van der Waals surface area contributed by atoms with E-state index in [1.54, 1.807) is 0 Å². The number of nitrogens with zero attached hydrogens (tertiary/aromatic N) is 1. The Morgan fingerprint density at radius 2 is 2.29 bits per heavy atom. The highest BCUT2D eigenvalue weighted by molar-refractivity contribution is 5.81. The first-order valence-corrected chi connectivity index (χ1v) is 5.53. The van der Waals surface area contributed by atoms with Gasteiger partial charge in [0, 0.05) is 38.1 Å². The van der Waals surface area contributed by atoms with E-state index in [0.29, 0.717) is 24.3 Å². The van der Waals surface area contributed by atoms with E-state index in [-0.39, 0.29) is 6.61 Å². The van der Waals surface area contributed by atoms with Crippen molar-refractivity contribution in [3.05, 3.63) is 0 Å². The molecule has 0 aromatic carbocycles. The number of hydrogen-bond donors (Lipinski definition) is 1. The average Bonchev–Trinajstić information content (AvgIpc) is 2.52. The fourth-order valence-corrected chi connectivity index (χ4v) is 2.19. The Balaban J connectivity index is 2.45. The lowest BCUT2D eigenvalue weighted by Crippen LogP contribution is -2.40. The summed E-state index contributed by atoms with van der Waals surface area (Å²) in [4.78, 5) is 13.5. The smallest absolute Gasteiger partial charge is 0.134 e. The number of ketones is 1. The molecule has 0 aliphatic heterocycles. The number of aliphatic hydroxyl groups is 1. The molecule has 1 aliphatic carbocycles. The normalized spacial score (nSPS) is 22.6. The van der Waals surface area contributed by atoms with Gasteiger partial charge >= 0.3 is 0 Å². The summed E-state index contributed by atoms with van der Waals surface area (Å²) < 4.78 is 0. The van der Waals surface area contributed by atoms with Crippen LogP contribution in [-0.4, -0.2) is 41.0 Å². The van der Waals surface area contributed by atoms with Crippen LogP contribution in [0.2, 0.25) is 0 Å². The predicted octanol–water partition coefficient (Wildman–Crippen LogP) is 1.20. The third-order valence-electron chi connectivity index (χ3n) is 2.93. The Hall–Kier alpha value is -0.410. The van der Waals surface area contributed by atoms with Crippen LogP contribution in [0, 0.1) is 0 Å². The number of hydrogen-bond acceptors (Lipinski definition) is 3. The second-order valence-corrected chi connectivity index (χ2v) is 4.34. The van der Waals surface area contributed by atoms with Crippen LogP contribution in [0.15, 0.2) is 0 Å². The number of rotatable bonds is 5. The van der Waals surface area contributed by atoms with Crippen molar-refractivity contribution < 1.29 is 9.90 Å². The molecule has 0 aromatic heterocycles. The molecule has 0 aromatic rings. The third kappa shape index (κ3) is 3.07. The summed E-state index contributed by atoms with van der Waals surface area (Å²) in [5, 5.41) is 8.80. The zero-order valence-corrected chi connectivity index (χ0v) is 9.20. The highest BCUT2D eigenvalue weighted by Gasteiger charge is 2.28. The minimum atomic E-state index is 0.240. The van der Waals surface area contributed by atoms with E-state index in [0.717, 1.165) is 25.8 Å². The minimum absolute atomic E-state index is 0.240. The Labute approximate surface area is 86.1 Å². The Bertz CT molecular complexity index is 192. The molecule has 0 amide bonds. The molecule has 0 saturated heterocycles. The van der Waals surface area contributed by atoms with E-state index in [4.69, 9.17) is 5.11 Å². The van der Waals surface area contributed by atoms with Crippen LogP contribution in [0.1, 0.15) is 39.5 Å². The van der Waals surface area contributed by atoms with Gasteiger partial charge in [-0.05, 0) is 26.7 Å². The number of carbonyl (C=O) groups excluding carboxylic acids is 1. The monoisotopic (exact) mass is 199 g/mol. The predicted molar refractivity (Wildman–Crippen MR) is 56.2 cm³/mol. The molecule has 0 radical (unpaired) electrons. The van der Waals surface area contributed by atoms with Gasteiger partial charge in [-0.3, -0.25) is 9.69 Å². The van der Waals surface area contributed by atoms with Gasteiger partial charge in [-0.1, -0.05) is 0 Å². The van der Waals surface area contributed by atoms with E-state index < -0.39 is 0 Å². The van der Waals surface area contributed by atoms with Crippen LogP contribution in [0.25, 0.3) is 0 Å². The quantitative estimate of drug-likeness (QED) is 0.723. The van der Waals surface area contributed by atoms with E-state index in [9.17, 15) is 4.79 Å². The lowest BCUT2D eigenvalue weighted by atomic mass is 10.1. The van der Waals surface area contributed by atoms with Crippen LogP contribution >= 0.6 is 0 Å². The van der Waals surface area contributed by atoms with Crippen molar-refractivity contribution in [1.82, 2.24) is 4.90 Å². The fraction of sp³-hybridized carbons (Fsp3) is 0.909. The molecule has 0 heterocycles. The first-order chi connectivity index (χ1) is 6.65. The maximum Gasteiger partial charge on any atom is 0.134 e. The van der Waals surface area contributed by atoms with Crippen LogP contribution in [-0.2, 0) is 4.79 Å². The molecule has 1 N–H and O–H groups in total. The van der Waals surface area contributed by atoms with Crippen molar-refractivity contribution in [2.24, 2.45) is 0 Å². The highest BCUT2D eigenvalue weighted by Crippen LogP contribution is 2.22. The molecular formula is C11H21NO2. The molecular weight excluding hydrogens is 178 g/mol. The van der Waals surface area contributed by atoms with Crippen molar-refractivity contribution in [1.29, 1.82) is 0 Å². The van der Waals surface area contributed by atoms with Gasteiger partial charge in [0.15, 0.2) is 0 Å². The van der Waals surface area contributed by atoms with Gasteiger partial charge in [-0.25, -0.2) is 0 Å². The van der Waals surface area contributed by atoms with Crippen LogP contribution in [0.3, 0.4) is 0 Å². The summed E-state index contributed by atoms with van der Waals surface area (Å²) in [7, 11) is 0. The summed E-state index contributed by atoms with van der Waals surface area (Å²) in [6.07, 6.45) is 3.27. The Morgan fingerprint density at radius 1 is 1.57 bits per heavy atom. The third-order valence-corrected chi connectivity index (χ3v) is 2.93. The van der Waals surface area contributed by atoms with E-state index in [1.165, 1.54) is 0 Å². The van der Waals surface area contributed by atoms with Crippen molar-refractivity contribution in [3.63, 3.8) is 0 Å². The molecule has 1 saturated carbocycles. The maximum atomic E-state index is 11.2. The molecule has 0 spiro atoms. The van der Waals surface area contributed by atoms with Crippen molar-refractivity contribution in [3.8, 4) is 0 Å². The Morgan fingerprint density at radius 3 is 2.71 bits per heavy atom. The average molecular weight is 199 g/mol. The molecule has 14 heavy (non-hydrogen) atoms.